The minimum atomic E-state index is -0.360. The molecule has 0 bridgehead atoms. The predicted octanol–water partition coefficient (Wildman–Crippen LogP) is 3.78. The van der Waals surface area contributed by atoms with Gasteiger partial charge in [-0.05, 0) is 37.6 Å². The molecule has 0 aliphatic carbocycles. The van der Waals surface area contributed by atoms with Crippen molar-refractivity contribution in [2.75, 3.05) is 38.7 Å². The third-order valence-electron chi connectivity index (χ3n) is 4.11. The lowest BCUT2D eigenvalue weighted by molar-refractivity contribution is 0.266. The average Bonchev–Trinajstić information content (AvgIpc) is 2.62. The number of fused-ring (bicyclic) bond motifs is 1. The number of aromatic nitrogens is 2. The Morgan fingerprint density at radius 3 is 2.80 bits per heavy atom. The predicted molar refractivity (Wildman–Crippen MR) is 103 cm³/mol. The van der Waals surface area contributed by atoms with Gasteiger partial charge < -0.3 is 10.7 Å². The second-order valence-corrected chi connectivity index (χ2v) is 6.01. The Morgan fingerprint density at radius 2 is 2.16 bits per heavy atom. The first-order valence-corrected chi connectivity index (χ1v) is 8.56. The van der Waals surface area contributed by atoms with E-state index in [1.165, 1.54) is 6.21 Å². The number of halogens is 1. The van der Waals surface area contributed by atoms with Crippen molar-refractivity contribution in [2.45, 2.75) is 20.3 Å². The van der Waals surface area contributed by atoms with Crippen molar-refractivity contribution in [3.05, 3.63) is 35.7 Å². The molecule has 0 saturated heterocycles. The van der Waals surface area contributed by atoms with Gasteiger partial charge >= 0.3 is 0 Å². The van der Waals surface area contributed by atoms with Gasteiger partial charge in [-0.25, -0.2) is 14.4 Å². The Kier molecular flexibility index (Phi) is 7.01. The van der Waals surface area contributed by atoms with Crippen LogP contribution in [-0.2, 0) is 0 Å². The number of rotatable bonds is 9. The summed E-state index contributed by atoms with van der Waals surface area (Å²) >= 11 is 0. The smallest absolute Gasteiger partial charge is 0.127 e. The van der Waals surface area contributed by atoms with Gasteiger partial charge in [0.2, 0.25) is 0 Å². The van der Waals surface area contributed by atoms with Crippen LogP contribution in [0.3, 0.4) is 0 Å². The molecule has 2 aromatic heterocycles. The summed E-state index contributed by atoms with van der Waals surface area (Å²) in [5.41, 5.74) is 3.39. The van der Waals surface area contributed by atoms with Gasteiger partial charge in [-0.15, -0.1) is 0 Å². The molecule has 0 fully saturated rings. The standard InChI is InChI=1S/C19H26FN5/c1-4-8-25(9-7-20)13-14(2)16(11-21)17-6-5-15-12-23-19(22-3)10-18(15)24-17/h5-6,10-12,21H,4,7-9,13H2,1-3H3,(H,22,23)/b16-14-,21-11?. The van der Waals surface area contributed by atoms with Crippen LogP contribution in [0.15, 0.2) is 30.0 Å². The molecule has 2 rings (SSSR count). The van der Waals surface area contributed by atoms with E-state index in [1.54, 1.807) is 6.20 Å². The second-order valence-electron chi connectivity index (χ2n) is 6.01. The summed E-state index contributed by atoms with van der Waals surface area (Å²) in [6, 6.07) is 5.76. The molecule has 2 N–H and O–H groups in total. The molecular formula is C19H26FN5. The number of nitrogens with zero attached hydrogens (tertiary/aromatic N) is 3. The van der Waals surface area contributed by atoms with Crippen LogP contribution in [0.1, 0.15) is 26.0 Å². The summed E-state index contributed by atoms with van der Waals surface area (Å²) in [7, 11) is 1.82. The number of pyridine rings is 2. The molecule has 0 amide bonds. The molecule has 2 heterocycles. The molecule has 0 saturated carbocycles. The zero-order valence-electron chi connectivity index (χ0n) is 15.1. The average molecular weight is 343 g/mol. The zero-order chi connectivity index (χ0) is 18.2. The lowest BCUT2D eigenvalue weighted by Gasteiger charge is -2.21. The first kappa shape index (κ1) is 19.0. The van der Waals surface area contributed by atoms with Crippen LogP contribution in [0, 0.1) is 5.41 Å². The summed E-state index contributed by atoms with van der Waals surface area (Å²) in [6.07, 6.45) is 4.09. The van der Waals surface area contributed by atoms with E-state index in [1.807, 2.05) is 32.2 Å². The number of anilines is 1. The normalized spacial score (nSPS) is 12.4. The zero-order valence-corrected chi connectivity index (χ0v) is 15.1. The van der Waals surface area contributed by atoms with E-state index in [4.69, 9.17) is 10.4 Å². The number of hydrogen-bond donors (Lipinski definition) is 2. The van der Waals surface area contributed by atoms with Crippen molar-refractivity contribution in [1.82, 2.24) is 14.9 Å². The Balaban J connectivity index is 2.37. The van der Waals surface area contributed by atoms with E-state index in [9.17, 15) is 4.39 Å². The highest BCUT2D eigenvalue weighted by Gasteiger charge is 2.11. The van der Waals surface area contributed by atoms with Crippen LogP contribution in [0.4, 0.5) is 10.2 Å². The molecule has 0 aromatic carbocycles. The quantitative estimate of drug-likeness (QED) is 0.680. The summed E-state index contributed by atoms with van der Waals surface area (Å²) in [6.45, 7) is 5.61. The van der Waals surface area contributed by atoms with E-state index < -0.39 is 0 Å². The van der Waals surface area contributed by atoms with E-state index in [2.05, 4.69) is 22.1 Å². The summed E-state index contributed by atoms with van der Waals surface area (Å²) in [5.74, 6) is 0.756. The van der Waals surface area contributed by atoms with Gasteiger partial charge in [0.15, 0.2) is 0 Å². The molecule has 0 radical (unpaired) electrons. The highest BCUT2D eigenvalue weighted by molar-refractivity contribution is 6.09. The van der Waals surface area contributed by atoms with E-state index in [-0.39, 0.29) is 6.67 Å². The first-order chi connectivity index (χ1) is 12.1. The van der Waals surface area contributed by atoms with Gasteiger partial charge in [-0.1, -0.05) is 6.92 Å². The highest BCUT2D eigenvalue weighted by Crippen LogP contribution is 2.21. The summed E-state index contributed by atoms with van der Waals surface area (Å²) in [4.78, 5) is 11.1. The molecule has 0 aliphatic rings. The SMILES string of the molecule is CCCN(CCF)C/C(C)=C(/C=N)c1ccc2cnc(NC)cc2n1. The maximum Gasteiger partial charge on any atom is 0.127 e. The minimum absolute atomic E-state index is 0.360. The largest absolute Gasteiger partial charge is 0.373 e. The van der Waals surface area contributed by atoms with E-state index >= 15 is 0 Å². The van der Waals surface area contributed by atoms with Crippen molar-refractivity contribution in [1.29, 1.82) is 5.41 Å². The molecule has 134 valence electrons. The van der Waals surface area contributed by atoms with Crippen molar-refractivity contribution in [3.63, 3.8) is 0 Å². The van der Waals surface area contributed by atoms with Gasteiger partial charge in [0.05, 0.1) is 11.2 Å². The molecule has 0 aliphatic heterocycles. The highest BCUT2D eigenvalue weighted by atomic mass is 19.1. The maximum absolute atomic E-state index is 12.7. The van der Waals surface area contributed by atoms with E-state index in [0.717, 1.165) is 46.5 Å². The van der Waals surface area contributed by atoms with Gasteiger partial charge in [-0.3, -0.25) is 4.90 Å². The molecule has 25 heavy (non-hydrogen) atoms. The maximum atomic E-state index is 12.7. The van der Waals surface area contributed by atoms with Gasteiger partial charge in [0.1, 0.15) is 12.5 Å². The number of hydrogen-bond acceptors (Lipinski definition) is 5. The number of allylic oxidation sites excluding steroid dienone is 1. The fraction of sp³-hybridized carbons (Fsp3) is 0.421. The fourth-order valence-corrected chi connectivity index (χ4v) is 2.85. The Bertz CT molecular complexity index is 751. The summed E-state index contributed by atoms with van der Waals surface area (Å²) < 4.78 is 12.7. The van der Waals surface area contributed by atoms with Crippen molar-refractivity contribution in [3.8, 4) is 0 Å². The lowest BCUT2D eigenvalue weighted by Crippen LogP contribution is -2.29. The van der Waals surface area contributed by atoms with Crippen LogP contribution >= 0.6 is 0 Å². The number of alkyl halides is 1. The van der Waals surface area contributed by atoms with Gasteiger partial charge in [-0.2, -0.15) is 0 Å². The van der Waals surface area contributed by atoms with Crippen molar-refractivity contribution >= 4 is 28.5 Å². The lowest BCUT2D eigenvalue weighted by atomic mass is 10.0. The van der Waals surface area contributed by atoms with Crippen LogP contribution in [-0.4, -0.2) is 54.4 Å². The van der Waals surface area contributed by atoms with Crippen LogP contribution < -0.4 is 5.32 Å². The van der Waals surface area contributed by atoms with Gasteiger partial charge in [0.25, 0.3) is 0 Å². The van der Waals surface area contributed by atoms with Crippen LogP contribution in [0.2, 0.25) is 0 Å². The third kappa shape index (κ3) is 4.82. The van der Waals surface area contributed by atoms with Crippen molar-refractivity contribution in [2.24, 2.45) is 0 Å². The van der Waals surface area contributed by atoms with Gasteiger partial charge in [0, 0.05) is 49.6 Å². The molecule has 0 spiro atoms. The monoisotopic (exact) mass is 343 g/mol. The number of nitrogens with one attached hydrogen (secondary N) is 2. The van der Waals surface area contributed by atoms with E-state index in [0.29, 0.717) is 13.1 Å². The third-order valence-corrected chi connectivity index (χ3v) is 4.11. The van der Waals surface area contributed by atoms with Crippen LogP contribution in [0.5, 0.6) is 0 Å². The molecule has 5 nitrogen and oxygen atoms in total. The Hall–Kier alpha value is -2.34. The molecule has 6 heteroatoms. The fourth-order valence-electron chi connectivity index (χ4n) is 2.85. The second kappa shape index (κ2) is 9.22. The Labute approximate surface area is 148 Å². The van der Waals surface area contributed by atoms with Crippen molar-refractivity contribution < 1.29 is 4.39 Å². The molecule has 2 aromatic rings. The summed E-state index contributed by atoms with van der Waals surface area (Å²) in [5, 5.41) is 11.8. The van der Waals surface area contributed by atoms with Crippen LogP contribution in [0.25, 0.3) is 16.5 Å². The Morgan fingerprint density at radius 1 is 1.36 bits per heavy atom. The first-order valence-electron chi connectivity index (χ1n) is 8.56. The molecule has 0 atom stereocenters. The minimum Gasteiger partial charge on any atom is -0.373 e. The molecule has 0 unspecified atom stereocenters. The molecular weight excluding hydrogens is 317 g/mol. The topological polar surface area (TPSA) is 64.9 Å².